The van der Waals surface area contributed by atoms with Gasteiger partial charge in [0.2, 0.25) is 0 Å². The van der Waals surface area contributed by atoms with Crippen LogP contribution in [0, 0.1) is 19.3 Å². The number of rotatable bonds is 5. The first-order valence-corrected chi connectivity index (χ1v) is 9.09. The Hall–Kier alpha value is -0.830. The fourth-order valence-corrected chi connectivity index (χ4v) is 3.76. The van der Waals surface area contributed by atoms with E-state index >= 15 is 0 Å². The van der Waals surface area contributed by atoms with Crippen molar-refractivity contribution in [3.8, 4) is 0 Å². The van der Waals surface area contributed by atoms with Crippen LogP contribution in [0.4, 0.5) is 0 Å². The summed E-state index contributed by atoms with van der Waals surface area (Å²) < 4.78 is 7.66. The molecule has 7 heteroatoms. The van der Waals surface area contributed by atoms with Gasteiger partial charge in [0.05, 0.1) is 11.3 Å². The summed E-state index contributed by atoms with van der Waals surface area (Å²) in [7, 11) is 5.62. The number of guanidine groups is 1. The van der Waals surface area contributed by atoms with Gasteiger partial charge in [0.1, 0.15) is 0 Å². The molecule has 0 aromatic carbocycles. The fourth-order valence-electron chi connectivity index (χ4n) is 3.76. The summed E-state index contributed by atoms with van der Waals surface area (Å²) in [4.78, 5) is 4.41. The number of nitrogens with zero attached hydrogens (tertiary/aromatic N) is 3. The van der Waals surface area contributed by atoms with Crippen LogP contribution in [0.15, 0.2) is 4.99 Å². The summed E-state index contributed by atoms with van der Waals surface area (Å²) in [5.74, 6) is 0.850. The van der Waals surface area contributed by atoms with E-state index in [9.17, 15) is 0 Å². The zero-order valence-corrected chi connectivity index (χ0v) is 20.1. The van der Waals surface area contributed by atoms with Crippen molar-refractivity contribution in [3.05, 3.63) is 17.0 Å². The summed E-state index contributed by atoms with van der Waals surface area (Å²) in [6, 6.07) is 0.613. The molecule has 1 aliphatic carbocycles. The standard InChI is InChI=1S/C19H35N5O.HI/c1-12(10-15-13(2)23-24(8)14(15)3)21-17(20-7)22-16-11-19(6,25-9)18(16,4)5;/h12,16H,10-11H2,1-9H3,(H2,20,21,22);1H. The van der Waals surface area contributed by atoms with Crippen LogP contribution in [-0.2, 0) is 18.2 Å². The van der Waals surface area contributed by atoms with Gasteiger partial charge in [-0.15, -0.1) is 24.0 Å². The van der Waals surface area contributed by atoms with E-state index in [0.717, 1.165) is 24.5 Å². The minimum absolute atomic E-state index is 0. The molecule has 1 saturated carbocycles. The van der Waals surface area contributed by atoms with E-state index in [1.165, 1.54) is 11.3 Å². The molecule has 0 amide bonds. The summed E-state index contributed by atoms with van der Waals surface area (Å²) in [5.41, 5.74) is 3.62. The highest BCUT2D eigenvalue weighted by Crippen LogP contribution is 2.51. The second-order valence-electron chi connectivity index (χ2n) is 8.15. The minimum atomic E-state index is -0.0843. The van der Waals surface area contributed by atoms with E-state index in [-0.39, 0.29) is 41.0 Å². The number of aliphatic imine (C=N–C) groups is 1. The molecule has 26 heavy (non-hydrogen) atoms. The van der Waals surface area contributed by atoms with Gasteiger partial charge in [0.15, 0.2) is 5.96 Å². The molecular weight excluding hydrogens is 441 g/mol. The van der Waals surface area contributed by atoms with Crippen LogP contribution in [0.25, 0.3) is 0 Å². The third-order valence-electron chi connectivity index (χ3n) is 6.37. The number of methoxy groups -OCH3 is 1. The van der Waals surface area contributed by atoms with E-state index in [1.807, 2.05) is 18.8 Å². The van der Waals surface area contributed by atoms with Gasteiger partial charge in [-0.1, -0.05) is 13.8 Å². The number of hydrogen-bond acceptors (Lipinski definition) is 3. The summed E-state index contributed by atoms with van der Waals surface area (Å²) >= 11 is 0. The maximum atomic E-state index is 5.71. The lowest BCUT2D eigenvalue weighted by atomic mass is 9.56. The van der Waals surface area contributed by atoms with E-state index < -0.39 is 0 Å². The molecule has 0 radical (unpaired) electrons. The van der Waals surface area contributed by atoms with Crippen molar-refractivity contribution in [2.45, 2.75) is 72.1 Å². The van der Waals surface area contributed by atoms with E-state index in [0.29, 0.717) is 6.04 Å². The van der Waals surface area contributed by atoms with Gasteiger partial charge in [-0.2, -0.15) is 5.10 Å². The van der Waals surface area contributed by atoms with Crippen LogP contribution in [-0.4, -0.2) is 47.6 Å². The van der Waals surface area contributed by atoms with Crippen LogP contribution in [0.5, 0.6) is 0 Å². The molecule has 1 aliphatic rings. The first-order chi connectivity index (χ1) is 11.6. The molecule has 6 nitrogen and oxygen atoms in total. The molecule has 0 aliphatic heterocycles. The van der Waals surface area contributed by atoms with Crippen LogP contribution < -0.4 is 10.6 Å². The van der Waals surface area contributed by atoms with Crippen LogP contribution in [0.3, 0.4) is 0 Å². The number of halogens is 1. The Morgan fingerprint density at radius 3 is 2.42 bits per heavy atom. The van der Waals surface area contributed by atoms with Gasteiger partial charge >= 0.3 is 0 Å². The number of nitrogens with one attached hydrogen (secondary N) is 2. The van der Waals surface area contributed by atoms with Crippen molar-refractivity contribution in [1.82, 2.24) is 20.4 Å². The lowest BCUT2D eigenvalue weighted by molar-refractivity contribution is -0.176. The normalized spacial score (nSPS) is 25.9. The van der Waals surface area contributed by atoms with Crippen LogP contribution >= 0.6 is 24.0 Å². The Balaban J connectivity index is 0.00000338. The maximum absolute atomic E-state index is 5.71. The van der Waals surface area contributed by atoms with Gasteiger partial charge in [0.25, 0.3) is 0 Å². The van der Waals surface area contributed by atoms with Crippen molar-refractivity contribution in [2.24, 2.45) is 17.5 Å². The Labute approximate surface area is 175 Å². The Morgan fingerprint density at radius 1 is 1.38 bits per heavy atom. The average molecular weight is 477 g/mol. The van der Waals surface area contributed by atoms with Gasteiger partial charge < -0.3 is 15.4 Å². The molecule has 1 fully saturated rings. The van der Waals surface area contributed by atoms with Gasteiger partial charge in [-0.25, -0.2) is 0 Å². The molecule has 0 spiro atoms. The molecule has 2 N–H and O–H groups in total. The smallest absolute Gasteiger partial charge is 0.191 e. The predicted octanol–water partition coefficient (Wildman–Crippen LogP) is 2.95. The zero-order chi connectivity index (χ0) is 19.0. The number of aryl methyl sites for hydroxylation is 2. The first kappa shape index (κ1) is 23.2. The monoisotopic (exact) mass is 477 g/mol. The Bertz CT molecular complexity index is 655. The topological polar surface area (TPSA) is 63.5 Å². The molecule has 0 bridgehead atoms. The predicted molar refractivity (Wildman–Crippen MR) is 118 cm³/mol. The number of ether oxygens (including phenoxy) is 1. The quantitative estimate of drug-likeness (QED) is 0.389. The molecule has 0 saturated heterocycles. The molecule has 150 valence electrons. The van der Waals surface area contributed by atoms with Gasteiger partial charge in [0, 0.05) is 44.4 Å². The second kappa shape index (κ2) is 8.46. The second-order valence-corrected chi connectivity index (χ2v) is 8.15. The van der Waals surface area contributed by atoms with Crippen molar-refractivity contribution in [3.63, 3.8) is 0 Å². The highest BCUT2D eigenvalue weighted by Gasteiger charge is 2.58. The molecule has 3 atom stereocenters. The lowest BCUT2D eigenvalue weighted by Crippen LogP contribution is -2.69. The molecule has 2 rings (SSSR count). The first-order valence-electron chi connectivity index (χ1n) is 9.09. The van der Waals surface area contributed by atoms with Crippen molar-refractivity contribution >= 4 is 29.9 Å². The zero-order valence-electron chi connectivity index (χ0n) is 17.7. The highest BCUT2D eigenvalue weighted by atomic mass is 127. The SMILES string of the molecule is CN=C(NC(C)Cc1c(C)nn(C)c1C)NC1CC(C)(OC)C1(C)C.I. The third-order valence-corrected chi connectivity index (χ3v) is 6.37. The van der Waals surface area contributed by atoms with E-state index in [2.05, 4.69) is 62.3 Å². The van der Waals surface area contributed by atoms with Crippen LogP contribution in [0.1, 0.15) is 51.1 Å². The molecule has 1 aromatic heterocycles. The molecular formula is C19H36IN5O. The van der Waals surface area contributed by atoms with Crippen molar-refractivity contribution in [2.75, 3.05) is 14.2 Å². The minimum Gasteiger partial charge on any atom is -0.378 e. The molecule has 1 heterocycles. The van der Waals surface area contributed by atoms with Crippen LogP contribution in [0.2, 0.25) is 0 Å². The molecule has 3 unspecified atom stereocenters. The Morgan fingerprint density at radius 2 is 2.00 bits per heavy atom. The van der Waals surface area contributed by atoms with Crippen molar-refractivity contribution < 1.29 is 4.74 Å². The summed E-state index contributed by atoms with van der Waals surface area (Å²) in [6.07, 6.45) is 1.91. The van der Waals surface area contributed by atoms with Crippen molar-refractivity contribution in [1.29, 1.82) is 0 Å². The number of aromatic nitrogens is 2. The summed E-state index contributed by atoms with van der Waals surface area (Å²) in [5, 5.41) is 11.6. The largest absolute Gasteiger partial charge is 0.378 e. The van der Waals surface area contributed by atoms with E-state index in [1.54, 1.807) is 7.11 Å². The highest BCUT2D eigenvalue weighted by molar-refractivity contribution is 14.0. The maximum Gasteiger partial charge on any atom is 0.191 e. The van der Waals surface area contributed by atoms with Gasteiger partial charge in [-0.05, 0) is 46.1 Å². The fraction of sp³-hybridized carbons (Fsp3) is 0.789. The average Bonchev–Trinajstić information content (AvgIpc) is 2.79. The Kier molecular flexibility index (Phi) is 7.55. The third kappa shape index (κ3) is 4.18. The van der Waals surface area contributed by atoms with E-state index in [4.69, 9.17) is 4.74 Å². The molecule has 1 aromatic rings. The lowest BCUT2D eigenvalue weighted by Gasteiger charge is -2.59. The summed E-state index contributed by atoms with van der Waals surface area (Å²) in [6.45, 7) is 13.1. The van der Waals surface area contributed by atoms with Gasteiger partial charge in [-0.3, -0.25) is 9.67 Å². The number of hydrogen-bond donors (Lipinski definition) is 2.